The number of likely N-dealkylation sites (tertiary alicyclic amines) is 1. The molecule has 2 aliphatic rings. The molecule has 2 aromatic carbocycles. The summed E-state index contributed by atoms with van der Waals surface area (Å²) in [5.41, 5.74) is 1.81. The maximum absolute atomic E-state index is 13.1. The topological polar surface area (TPSA) is 59.0 Å². The van der Waals surface area contributed by atoms with Gasteiger partial charge in [0.1, 0.15) is 17.4 Å². The van der Waals surface area contributed by atoms with Gasteiger partial charge in [0.15, 0.2) is 0 Å². The molecule has 2 heterocycles. The monoisotopic (exact) mass is 324 g/mol. The predicted octanol–water partition coefficient (Wildman–Crippen LogP) is 2.11. The number of carbonyl (C=O) groups excluding carboxylic acids is 2. The molecule has 0 aromatic heterocycles. The van der Waals surface area contributed by atoms with Gasteiger partial charge in [-0.05, 0) is 17.7 Å². The van der Waals surface area contributed by atoms with Crippen LogP contribution in [-0.4, -0.2) is 28.5 Å². The van der Waals surface area contributed by atoms with E-state index in [1.807, 2.05) is 30.3 Å². The molecule has 1 saturated heterocycles. The zero-order valence-corrected chi connectivity index (χ0v) is 12.6. The quantitative estimate of drug-likeness (QED) is 0.813. The molecule has 1 fully saturated rings. The molecule has 24 heavy (non-hydrogen) atoms. The molecule has 5 nitrogen and oxygen atoms in total. The summed E-state index contributed by atoms with van der Waals surface area (Å²) in [6.07, 6.45) is -0.929. The normalized spacial score (nSPS) is 22.4. The molecule has 6 heteroatoms. The van der Waals surface area contributed by atoms with E-state index >= 15 is 0 Å². The highest BCUT2D eigenvalue weighted by Crippen LogP contribution is 2.33. The van der Waals surface area contributed by atoms with Gasteiger partial charge in [-0.3, -0.25) is 14.5 Å². The minimum atomic E-state index is -0.929. The third kappa shape index (κ3) is 2.27. The molecule has 0 spiro atoms. The van der Waals surface area contributed by atoms with Gasteiger partial charge in [0.2, 0.25) is 12.0 Å². The number of halogens is 1. The number of fused-ring (bicyclic) bond motifs is 1. The van der Waals surface area contributed by atoms with Gasteiger partial charge in [-0.15, -0.1) is 0 Å². The van der Waals surface area contributed by atoms with E-state index in [0.29, 0.717) is 11.3 Å². The third-order valence-corrected chi connectivity index (χ3v) is 4.23. The van der Waals surface area contributed by atoms with Crippen molar-refractivity contribution in [3.63, 3.8) is 0 Å². The van der Waals surface area contributed by atoms with Crippen molar-refractivity contribution in [3.8, 4) is 0 Å². The summed E-state index contributed by atoms with van der Waals surface area (Å²) in [6, 6.07) is 14.9. The van der Waals surface area contributed by atoms with Crippen LogP contribution in [0.1, 0.15) is 11.1 Å². The zero-order chi connectivity index (χ0) is 16.7. The molecular formula is C18H13FN2O3. The maximum Gasteiger partial charge on any atom is 0.274 e. The lowest BCUT2D eigenvalue weighted by molar-refractivity contribution is -0.142. The van der Waals surface area contributed by atoms with Crippen LogP contribution in [0.3, 0.4) is 0 Å². The Morgan fingerprint density at radius 3 is 2.42 bits per heavy atom. The van der Waals surface area contributed by atoms with Gasteiger partial charge >= 0.3 is 0 Å². The predicted molar refractivity (Wildman–Crippen MR) is 83.3 cm³/mol. The van der Waals surface area contributed by atoms with E-state index in [0.717, 1.165) is 5.56 Å². The van der Waals surface area contributed by atoms with E-state index in [2.05, 4.69) is 5.16 Å². The molecule has 0 aliphatic carbocycles. The first kappa shape index (κ1) is 14.6. The highest BCUT2D eigenvalue weighted by Gasteiger charge is 2.55. The zero-order valence-electron chi connectivity index (χ0n) is 12.6. The summed E-state index contributed by atoms with van der Waals surface area (Å²) in [5.74, 6) is -1.88. The van der Waals surface area contributed by atoms with Crippen molar-refractivity contribution in [1.82, 2.24) is 4.90 Å². The lowest BCUT2D eigenvalue weighted by atomic mass is 9.94. The van der Waals surface area contributed by atoms with Crippen molar-refractivity contribution in [2.45, 2.75) is 12.6 Å². The van der Waals surface area contributed by atoms with Crippen molar-refractivity contribution < 1.29 is 18.8 Å². The Bertz CT molecular complexity index is 833. The second kappa shape index (κ2) is 5.56. The second-order valence-corrected chi connectivity index (χ2v) is 5.74. The summed E-state index contributed by atoms with van der Waals surface area (Å²) in [5, 5.41) is 3.89. The first-order valence-corrected chi connectivity index (χ1v) is 7.54. The number of oxime groups is 1. The van der Waals surface area contributed by atoms with Crippen molar-refractivity contribution in [1.29, 1.82) is 0 Å². The lowest BCUT2D eigenvalue weighted by Gasteiger charge is -2.15. The van der Waals surface area contributed by atoms with E-state index < -0.39 is 17.9 Å². The molecule has 0 radical (unpaired) electrons. The van der Waals surface area contributed by atoms with Crippen LogP contribution in [-0.2, 0) is 21.0 Å². The van der Waals surface area contributed by atoms with Gasteiger partial charge < -0.3 is 4.84 Å². The van der Waals surface area contributed by atoms with Crippen LogP contribution in [0.2, 0.25) is 0 Å². The van der Waals surface area contributed by atoms with E-state index in [9.17, 15) is 14.0 Å². The van der Waals surface area contributed by atoms with Crippen LogP contribution in [0.25, 0.3) is 0 Å². The smallest absolute Gasteiger partial charge is 0.274 e. The standard InChI is InChI=1S/C18H13FN2O3/c19-13-8-6-12(7-9-13)15-14-16(24-20-15)18(23)21(17(14)22)10-11-4-2-1-3-5-11/h1-9,14,16H,10H2/t14-,16-/m1/s1. The number of hydrogen-bond donors (Lipinski definition) is 0. The minimum absolute atomic E-state index is 0.200. The Kier molecular flexibility index (Phi) is 3.37. The number of imide groups is 1. The van der Waals surface area contributed by atoms with Gasteiger partial charge in [-0.1, -0.05) is 47.6 Å². The SMILES string of the molecule is O=C1[C@@H]2C(c3ccc(F)cc3)=NO[C@H]2C(=O)N1Cc1ccccc1. The number of amides is 2. The number of rotatable bonds is 3. The van der Waals surface area contributed by atoms with Crippen LogP contribution in [0, 0.1) is 11.7 Å². The van der Waals surface area contributed by atoms with E-state index in [1.54, 1.807) is 0 Å². The first-order valence-electron chi connectivity index (χ1n) is 7.54. The fourth-order valence-electron chi connectivity index (χ4n) is 3.01. The van der Waals surface area contributed by atoms with Gasteiger partial charge in [0.05, 0.1) is 6.54 Å². The van der Waals surface area contributed by atoms with Crippen LogP contribution < -0.4 is 0 Å². The van der Waals surface area contributed by atoms with Gasteiger partial charge in [0, 0.05) is 5.56 Å². The van der Waals surface area contributed by atoms with Crippen molar-refractivity contribution >= 4 is 17.5 Å². The summed E-state index contributed by atoms with van der Waals surface area (Å²) < 4.78 is 13.1. The van der Waals surface area contributed by atoms with Gasteiger partial charge in [0.25, 0.3) is 5.91 Å². The minimum Gasteiger partial charge on any atom is -0.381 e. The Morgan fingerprint density at radius 1 is 1.00 bits per heavy atom. The molecule has 2 atom stereocenters. The molecule has 0 unspecified atom stereocenters. The molecule has 120 valence electrons. The molecule has 4 rings (SSSR count). The van der Waals surface area contributed by atoms with Gasteiger partial charge in [-0.25, -0.2) is 4.39 Å². The van der Waals surface area contributed by atoms with Crippen LogP contribution in [0.4, 0.5) is 4.39 Å². The fourth-order valence-corrected chi connectivity index (χ4v) is 3.01. The van der Waals surface area contributed by atoms with Crippen LogP contribution in [0.5, 0.6) is 0 Å². The summed E-state index contributed by atoms with van der Waals surface area (Å²) in [4.78, 5) is 31.6. The number of nitrogens with zero attached hydrogens (tertiary/aromatic N) is 2. The van der Waals surface area contributed by atoms with E-state index in [4.69, 9.17) is 4.84 Å². The molecule has 2 aliphatic heterocycles. The van der Waals surface area contributed by atoms with Crippen LogP contribution >= 0.6 is 0 Å². The maximum atomic E-state index is 13.1. The summed E-state index contributed by atoms with van der Waals surface area (Å²) in [7, 11) is 0. The van der Waals surface area contributed by atoms with Crippen molar-refractivity contribution in [3.05, 3.63) is 71.5 Å². The second-order valence-electron chi connectivity index (χ2n) is 5.74. The Labute approximate surface area is 137 Å². The number of hydrogen-bond acceptors (Lipinski definition) is 4. The Balaban J connectivity index is 1.61. The molecule has 0 saturated carbocycles. The Morgan fingerprint density at radius 2 is 1.71 bits per heavy atom. The molecular weight excluding hydrogens is 311 g/mol. The van der Waals surface area contributed by atoms with Crippen molar-refractivity contribution in [2.75, 3.05) is 0 Å². The van der Waals surface area contributed by atoms with E-state index in [-0.39, 0.29) is 18.3 Å². The number of benzene rings is 2. The van der Waals surface area contributed by atoms with Gasteiger partial charge in [-0.2, -0.15) is 0 Å². The average Bonchev–Trinajstić information content (AvgIpc) is 3.13. The lowest BCUT2D eigenvalue weighted by Crippen LogP contribution is -2.32. The highest BCUT2D eigenvalue weighted by atomic mass is 19.1. The number of carbonyl (C=O) groups is 2. The fraction of sp³-hybridized carbons (Fsp3) is 0.167. The molecule has 0 bridgehead atoms. The molecule has 2 amide bonds. The summed E-state index contributed by atoms with van der Waals surface area (Å²) >= 11 is 0. The van der Waals surface area contributed by atoms with E-state index in [1.165, 1.54) is 29.2 Å². The largest absolute Gasteiger partial charge is 0.381 e. The summed E-state index contributed by atoms with van der Waals surface area (Å²) in [6.45, 7) is 0.200. The highest BCUT2D eigenvalue weighted by molar-refractivity contribution is 6.23. The average molecular weight is 324 g/mol. The Hall–Kier alpha value is -3.02. The third-order valence-electron chi connectivity index (χ3n) is 4.23. The first-order chi connectivity index (χ1) is 11.6. The van der Waals surface area contributed by atoms with Crippen LogP contribution in [0.15, 0.2) is 59.8 Å². The molecule has 0 N–H and O–H groups in total. The molecule has 2 aromatic rings. The van der Waals surface area contributed by atoms with Crippen molar-refractivity contribution in [2.24, 2.45) is 11.1 Å².